The fourth-order valence-electron chi connectivity index (χ4n) is 1.79. The molecule has 2 aromatic heterocycles. The van der Waals surface area contributed by atoms with Gasteiger partial charge in [0.05, 0.1) is 17.4 Å². The molecule has 0 aromatic carbocycles. The van der Waals surface area contributed by atoms with E-state index in [-0.39, 0.29) is 16.9 Å². The highest BCUT2D eigenvalue weighted by Crippen LogP contribution is 2.28. The maximum absolute atomic E-state index is 12.6. The first-order chi connectivity index (χ1) is 11.1. The third kappa shape index (κ3) is 3.87. The minimum atomic E-state index is -4.50. The second kappa shape index (κ2) is 6.80. The van der Waals surface area contributed by atoms with E-state index in [9.17, 15) is 18.0 Å². The number of halogens is 4. The highest BCUT2D eigenvalue weighted by molar-refractivity contribution is 6.32. The summed E-state index contributed by atoms with van der Waals surface area (Å²) in [5.74, 6) is 0.262. The summed E-state index contributed by atoms with van der Waals surface area (Å²) in [7, 11) is 0. The number of pyridine rings is 1. The van der Waals surface area contributed by atoms with Crippen LogP contribution in [0, 0.1) is 5.92 Å². The van der Waals surface area contributed by atoms with E-state index in [4.69, 9.17) is 11.6 Å². The lowest BCUT2D eigenvalue weighted by atomic mass is 10.1. The quantitative estimate of drug-likeness (QED) is 0.902. The van der Waals surface area contributed by atoms with Crippen LogP contribution in [-0.2, 0) is 6.18 Å². The van der Waals surface area contributed by atoms with Crippen LogP contribution >= 0.6 is 11.6 Å². The number of nitrogens with zero attached hydrogens (tertiary/aromatic N) is 3. The summed E-state index contributed by atoms with van der Waals surface area (Å²) in [5.41, 5.74) is -1.20. The standard InChI is InChI=1S/C15H16ClF3N4O/c1-8(2)9(3)22-11-7-21-23(14(24)13(11)16)12-5-4-10(6-20-12)15(17,18)19/h4-9,22H,1-3H3. The minimum Gasteiger partial charge on any atom is -0.380 e. The van der Waals surface area contributed by atoms with Crippen LogP contribution in [0.25, 0.3) is 5.82 Å². The lowest BCUT2D eigenvalue weighted by molar-refractivity contribution is -0.137. The molecule has 1 unspecified atom stereocenters. The zero-order valence-electron chi connectivity index (χ0n) is 13.2. The molecule has 0 spiro atoms. The highest BCUT2D eigenvalue weighted by atomic mass is 35.5. The summed E-state index contributed by atoms with van der Waals surface area (Å²) < 4.78 is 38.5. The Morgan fingerprint density at radius 3 is 2.38 bits per heavy atom. The maximum Gasteiger partial charge on any atom is 0.417 e. The van der Waals surface area contributed by atoms with Gasteiger partial charge in [-0.2, -0.15) is 23.0 Å². The van der Waals surface area contributed by atoms with Crippen molar-refractivity contribution in [1.29, 1.82) is 0 Å². The average Bonchev–Trinajstić information content (AvgIpc) is 2.51. The van der Waals surface area contributed by atoms with Gasteiger partial charge in [0.15, 0.2) is 5.82 Å². The van der Waals surface area contributed by atoms with Crippen molar-refractivity contribution in [3.63, 3.8) is 0 Å². The maximum atomic E-state index is 12.6. The molecule has 0 saturated heterocycles. The van der Waals surface area contributed by atoms with Crippen molar-refractivity contribution in [2.75, 3.05) is 5.32 Å². The van der Waals surface area contributed by atoms with E-state index in [1.165, 1.54) is 6.20 Å². The first kappa shape index (κ1) is 18.3. The van der Waals surface area contributed by atoms with E-state index in [0.29, 0.717) is 17.8 Å². The third-order valence-corrected chi connectivity index (χ3v) is 3.96. The molecule has 0 aliphatic carbocycles. The predicted molar refractivity (Wildman–Crippen MR) is 85.6 cm³/mol. The predicted octanol–water partition coefficient (Wildman–Crippen LogP) is 3.76. The van der Waals surface area contributed by atoms with Gasteiger partial charge in [0.25, 0.3) is 5.56 Å². The highest BCUT2D eigenvalue weighted by Gasteiger charge is 2.30. The minimum absolute atomic E-state index is 0.0432. The second-order valence-corrected chi connectivity index (χ2v) is 6.05. The van der Waals surface area contributed by atoms with Gasteiger partial charge < -0.3 is 5.32 Å². The Morgan fingerprint density at radius 1 is 1.21 bits per heavy atom. The molecule has 0 radical (unpaired) electrons. The van der Waals surface area contributed by atoms with Crippen molar-refractivity contribution in [3.05, 3.63) is 45.5 Å². The van der Waals surface area contributed by atoms with Gasteiger partial charge in [-0.3, -0.25) is 4.79 Å². The van der Waals surface area contributed by atoms with Crippen LogP contribution in [0.1, 0.15) is 26.3 Å². The molecule has 0 fully saturated rings. The Kier molecular flexibility index (Phi) is 5.17. The molecule has 0 amide bonds. The van der Waals surface area contributed by atoms with Gasteiger partial charge in [0.2, 0.25) is 0 Å². The largest absolute Gasteiger partial charge is 0.417 e. The van der Waals surface area contributed by atoms with Crippen LogP contribution in [0.4, 0.5) is 18.9 Å². The van der Waals surface area contributed by atoms with Crippen LogP contribution in [0.2, 0.25) is 5.02 Å². The van der Waals surface area contributed by atoms with Crippen LogP contribution in [0.3, 0.4) is 0 Å². The number of hydrogen-bond acceptors (Lipinski definition) is 4. The number of anilines is 1. The SMILES string of the molecule is CC(C)C(C)Nc1cnn(-c2ccc(C(F)(F)F)cn2)c(=O)c1Cl. The summed E-state index contributed by atoms with van der Waals surface area (Å²) >= 11 is 6.06. The number of rotatable bonds is 4. The molecule has 1 N–H and O–H groups in total. The van der Waals surface area contributed by atoms with E-state index < -0.39 is 17.3 Å². The molecule has 2 aromatic rings. The molecule has 2 heterocycles. The van der Waals surface area contributed by atoms with Crippen molar-refractivity contribution >= 4 is 17.3 Å². The fraction of sp³-hybridized carbons (Fsp3) is 0.400. The van der Waals surface area contributed by atoms with Crippen LogP contribution in [0.5, 0.6) is 0 Å². The number of alkyl halides is 3. The van der Waals surface area contributed by atoms with Crippen LogP contribution in [-0.4, -0.2) is 20.8 Å². The molecule has 0 aliphatic heterocycles. The van der Waals surface area contributed by atoms with E-state index >= 15 is 0 Å². The number of aromatic nitrogens is 3. The van der Waals surface area contributed by atoms with Gasteiger partial charge >= 0.3 is 6.18 Å². The number of nitrogens with one attached hydrogen (secondary N) is 1. The Labute approximate surface area is 141 Å². The molecule has 24 heavy (non-hydrogen) atoms. The van der Waals surface area contributed by atoms with Gasteiger partial charge in [0, 0.05) is 12.2 Å². The van der Waals surface area contributed by atoms with Crippen molar-refractivity contribution in [2.45, 2.75) is 33.0 Å². The van der Waals surface area contributed by atoms with Gasteiger partial charge in [-0.05, 0) is 25.0 Å². The molecule has 0 aliphatic rings. The van der Waals surface area contributed by atoms with Crippen LogP contribution < -0.4 is 10.9 Å². The molecule has 0 bridgehead atoms. The van der Waals surface area contributed by atoms with Crippen molar-refractivity contribution < 1.29 is 13.2 Å². The Balaban J connectivity index is 2.36. The van der Waals surface area contributed by atoms with Gasteiger partial charge in [0.1, 0.15) is 5.02 Å². The van der Waals surface area contributed by atoms with Gasteiger partial charge in [-0.25, -0.2) is 4.98 Å². The zero-order valence-corrected chi connectivity index (χ0v) is 14.0. The first-order valence-corrected chi connectivity index (χ1v) is 7.57. The van der Waals surface area contributed by atoms with Gasteiger partial charge in [-0.15, -0.1) is 0 Å². The zero-order chi connectivity index (χ0) is 18.1. The fourth-order valence-corrected chi connectivity index (χ4v) is 1.97. The molecule has 0 saturated carbocycles. The van der Waals surface area contributed by atoms with Crippen molar-refractivity contribution in [1.82, 2.24) is 14.8 Å². The van der Waals surface area contributed by atoms with E-state index in [1.807, 2.05) is 20.8 Å². The summed E-state index contributed by atoms with van der Waals surface area (Å²) in [6, 6.07) is 1.96. The summed E-state index contributed by atoms with van der Waals surface area (Å²) in [5, 5.41) is 6.91. The van der Waals surface area contributed by atoms with E-state index in [2.05, 4.69) is 15.4 Å². The summed E-state index contributed by atoms with van der Waals surface area (Å²) in [6.45, 7) is 5.95. The van der Waals surface area contributed by atoms with Crippen molar-refractivity contribution in [2.24, 2.45) is 5.92 Å². The smallest absolute Gasteiger partial charge is 0.380 e. The summed E-state index contributed by atoms with van der Waals surface area (Å²) in [6.07, 6.45) is -2.51. The van der Waals surface area contributed by atoms with Crippen molar-refractivity contribution in [3.8, 4) is 5.82 Å². The monoisotopic (exact) mass is 360 g/mol. The molecule has 1 atom stereocenters. The van der Waals surface area contributed by atoms with E-state index in [0.717, 1.165) is 16.8 Å². The van der Waals surface area contributed by atoms with Crippen LogP contribution in [0.15, 0.2) is 29.3 Å². The molecule has 2 rings (SSSR count). The topological polar surface area (TPSA) is 59.8 Å². The first-order valence-electron chi connectivity index (χ1n) is 7.19. The lowest BCUT2D eigenvalue weighted by Crippen LogP contribution is -2.27. The Bertz CT molecular complexity index is 772. The summed E-state index contributed by atoms with van der Waals surface area (Å²) in [4.78, 5) is 15.9. The molecule has 5 nitrogen and oxygen atoms in total. The number of hydrogen-bond donors (Lipinski definition) is 1. The lowest BCUT2D eigenvalue weighted by Gasteiger charge is -2.19. The second-order valence-electron chi connectivity index (χ2n) is 5.67. The molecular formula is C15H16ClF3N4O. The Morgan fingerprint density at radius 2 is 1.88 bits per heavy atom. The average molecular weight is 361 g/mol. The van der Waals surface area contributed by atoms with Gasteiger partial charge in [-0.1, -0.05) is 25.4 Å². The molecular weight excluding hydrogens is 345 g/mol. The van der Waals surface area contributed by atoms with E-state index in [1.54, 1.807) is 0 Å². The molecule has 9 heteroatoms. The molecule has 130 valence electrons. The Hall–Kier alpha value is -2.09. The third-order valence-electron chi connectivity index (χ3n) is 3.59. The normalized spacial score (nSPS) is 13.2.